The van der Waals surface area contributed by atoms with Crippen molar-refractivity contribution in [2.45, 2.75) is 20.3 Å². The molecule has 0 amide bonds. The summed E-state index contributed by atoms with van der Waals surface area (Å²) >= 11 is 0. The Hall–Kier alpha value is -1.98. The lowest BCUT2D eigenvalue weighted by Gasteiger charge is -1.99. The van der Waals surface area contributed by atoms with Crippen molar-refractivity contribution in [1.82, 2.24) is 9.78 Å². The van der Waals surface area contributed by atoms with E-state index in [1.807, 2.05) is 0 Å². The van der Waals surface area contributed by atoms with Crippen molar-refractivity contribution in [3.63, 3.8) is 0 Å². The van der Waals surface area contributed by atoms with Gasteiger partial charge in [-0.1, -0.05) is 0 Å². The molecule has 0 aliphatic rings. The first-order valence-electron chi connectivity index (χ1n) is 5.19. The van der Waals surface area contributed by atoms with Crippen molar-refractivity contribution < 1.29 is 19.1 Å². The summed E-state index contributed by atoms with van der Waals surface area (Å²) < 4.78 is 6.00. The Kier molecular flexibility index (Phi) is 4.14. The molecule has 6 heteroatoms. The number of aromatic nitrogens is 2. The first kappa shape index (κ1) is 13.1. The molecule has 0 unspecified atom stereocenters. The minimum Gasteiger partial charge on any atom is -0.460 e. The molecule has 0 atom stereocenters. The highest BCUT2D eigenvalue weighted by Crippen LogP contribution is 2.08. The number of ether oxygens (including phenoxy) is 1. The monoisotopic (exact) mass is 238 g/mol. The third-order valence-electron chi connectivity index (χ3n) is 2.14. The Balaban J connectivity index is 2.70. The van der Waals surface area contributed by atoms with E-state index < -0.39 is 24.0 Å². The summed E-state index contributed by atoms with van der Waals surface area (Å²) in [6.07, 6.45) is 1.04. The van der Waals surface area contributed by atoms with Gasteiger partial charge in [0.15, 0.2) is 5.78 Å². The molecule has 0 saturated carbocycles. The normalized spacial score (nSPS) is 10.1. The van der Waals surface area contributed by atoms with Crippen LogP contribution in [0.3, 0.4) is 0 Å². The molecule has 1 aromatic rings. The average Bonchev–Trinajstić information content (AvgIpc) is 2.58. The fraction of sp³-hybridized carbons (Fsp3) is 0.455. The van der Waals surface area contributed by atoms with Crippen LogP contribution in [0.25, 0.3) is 0 Å². The lowest BCUT2D eigenvalue weighted by Crippen LogP contribution is -2.20. The molecular formula is C11H14N2O4. The van der Waals surface area contributed by atoms with Crippen LogP contribution in [0.4, 0.5) is 0 Å². The second-order valence-corrected chi connectivity index (χ2v) is 3.55. The number of rotatable bonds is 5. The van der Waals surface area contributed by atoms with E-state index in [-0.39, 0.29) is 6.61 Å². The molecule has 0 aromatic carbocycles. The molecule has 0 fully saturated rings. The second kappa shape index (κ2) is 5.38. The van der Waals surface area contributed by atoms with Gasteiger partial charge in [0.25, 0.3) is 0 Å². The van der Waals surface area contributed by atoms with Crippen LogP contribution in [0.1, 0.15) is 29.4 Å². The van der Waals surface area contributed by atoms with Gasteiger partial charge in [0.05, 0.1) is 24.3 Å². The minimum atomic E-state index is -0.970. The van der Waals surface area contributed by atoms with Gasteiger partial charge in [-0.05, 0) is 13.8 Å². The molecule has 0 bridgehead atoms. The number of aryl methyl sites for hydroxylation is 2. The Morgan fingerprint density at radius 2 is 2.06 bits per heavy atom. The van der Waals surface area contributed by atoms with Gasteiger partial charge in [-0.25, -0.2) is 4.79 Å². The summed E-state index contributed by atoms with van der Waals surface area (Å²) in [5.41, 5.74) is 0.888. The molecule has 1 heterocycles. The van der Waals surface area contributed by atoms with Crippen molar-refractivity contribution in [1.29, 1.82) is 0 Å². The maximum atomic E-state index is 11.7. The van der Waals surface area contributed by atoms with Crippen molar-refractivity contribution in [2.75, 3.05) is 6.61 Å². The Morgan fingerprint density at radius 3 is 2.53 bits per heavy atom. The van der Waals surface area contributed by atoms with E-state index in [1.54, 1.807) is 20.9 Å². The lowest BCUT2D eigenvalue weighted by molar-refractivity contribution is -0.153. The van der Waals surface area contributed by atoms with E-state index in [9.17, 15) is 14.4 Å². The van der Waals surface area contributed by atoms with E-state index in [0.717, 1.165) is 0 Å². The predicted molar refractivity (Wildman–Crippen MR) is 58.5 cm³/mol. The number of esters is 1. The molecule has 1 aromatic heterocycles. The van der Waals surface area contributed by atoms with Gasteiger partial charge in [-0.15, -0.1) is 0 Å². The van der Waals surface area contributed by atoms with Crippen molar-refractivity contribution in [3.8, 4) is 0 Å². The fourth-order valence-corrected chi connectivity index (χ4v) is 1.40. The van der Waals surface area contributed by atoms with Gasteiger partial charge in [0.1, 0.15) is 0 Å². The highest BCUT2D eigenvalue weighted by molar-refractivity contribution is 6.38. The minimum absolute atomic E-state index is 0.116. The SMILES string of the molecule is CCOC(=O)C(=O)CC(=O)c1cn(C)nc1C. The summed E-state index contributed by atoms with van der Waals surface area (Å²) in [6.45, 7) is 3.38. The Bertz CT molecular complexity index is 462. The molecule has 17 heavy (non-hydrogen) atoms. The van der Waals surface area contributed by atoms with Crippen LogP contribution in [0.5, 0.6) is 0 Å². The quantitative estimate of drug-likeness (QED) is 0.322. The summed E-state index contributed by atoms with van der Waals surface area (Å²) in [5.74, 6) is -2.23. The van der Waals surface area contributed by atoms with E-state index in [0.29, 0.717) is 11.3 Å². The Labute approximate surface area is 98.6 Å². The Morgan fingerprint density at radius 1 is 1.41 bits per heavy atom. The molecule has 0 saturated heterocycles. The average molecular weight is 238 g/mol. The molecule has 0 N–H and O–H groups in total. The zero-order valence-corrected chi connectivity index (χ0v) is 10.0. The molecule has 0 aliphatic heterocycles. The fourth-order valence-electron chi connectivity index (χ4n) is 1.40. The predicted octanol–water partition coefficient (Wildman–Crippen LogP) is 0.434. The van der Waals surface area contributed by atoms with Crippen molar-refractivity contribution >= 4 is 17.5 Å². The third kappa shape index (κ3) is 3.24. The van der Waals surface area contributed by atoms with E-state index in [2.05, 4.69) is 9.84 Å². The number of hydrogen-bond acceptors (Lipinski definition) is 5. The standard InChI is InChI=1S/C11H14N2O4/c1-4-17-11(16)10(15)5-9(14)8-6-13(3)12-7(8)2/h6H,4-5H2,1-3H3. The van der Waals surface area contributed by atoms with Gasteiger partial charge in [0.2, 0.25) is 5.78 Å². The molecule has 0 spiro atoms. The first-order chi connectivity index (χ1) is 7.95. The topological polar surface area (TPSA) is 78.3 Å². The van der Waals surface area contributed by atoms with Gasteiger partial charge in [-0.2, -0.15) is 5.10 Å². The van der Waals surface area contributed by atoms with Gasteiger partial charge >= 0.3 is 5.97 Å². The molecule has 6 nitrogen and oxygen atoms in total. The summed E-state index contributed by atoms with van der Waals surface area (Å²) in [5, 5.41) is 3.99. The largest absolute Gasteiger partial charge is 0.460 e. The van der Waals surface area contributed by atoms with Crippen LogP contribution in [0.2, 0.25) is 0 Å². The number of Topliss-reactive ketones (excluding diaryl/α,β-unsaturated/α-hetero) is 2. The highest BCUT2D eigenvalue weighted by Gasteiger charge is 2.22. The lowest BCUT2D eigenvalue weighted by atomic mass is 10.1. The van der Waals surface area contributed by atoms with E-state index in [4.69, 9.17) is 0 Å². The van der Waals surface area contributed by atoms with Crippen molar-refractivity contribution in [3.05, 3.63) is 17.5 Å². The maximum absolute atomic E-state index is 11.7. The van der Waals surface area contributed by atoms with Crippen LogP contribution in [0, 0.1) is 6.92 Å². The zero-order valence-electron chi connectivity index (χ0n) is 10.0. The first-order valence-corrected chi connectivity index (χ1v) is 5.19. The van der Waals surface area contributed by atoms with Gasteiger partial charge in [0, 0.05) is 13.2 Å². The summed E-state index contributed by atoms with van der Waals surface area (Å²) in [6, 6.07) is 0. The van der Waals surface area contributed by atoms with Crippen LogP contribution in [0.15, 0.2) is 6.20 Å². The highest BCUT2D eigenvalue weighted by atomic mass is 16.5. The molecular weight excluding hydrogens is 224 g/mol. The third-order valence-corrected chi connectivity index (χ3v) is 2.14. The summed E-state index contributed by atoms with van der Waals surface area (Å²) in [4.78, 5) is 34.1. The smallest absolute Gasteiger partial charge is 0.375 e. The number of carbonyl (C=O) groups is 3. The van der Waals surface area contributed by atoms with Crippen LogP contribution in [-0.2, 0) is 21.4 Å². The van der Waals surface area contributed by atoms with E-state index >= 15 is 0 Å². The number of carbonyl (C=O) groups excluding carboxylic acids is 3. The number of nitrogens with zero attached hydrogens (tertiary/aromatic N) is 2. The second-order valence-electron chi connectivity index (χ2n) is 3.55. The molecule has 92 valence electrons. The molecule has 0 radical (unpaired) electrons. The van der Waals surface area contributed by atoms with Gasteiger partial charge in [-0.3, -0.25) is 14.3 Å². The molecule has 0 aliphatic carbocycles. The number of hydrogen-bond donors (Lipinski definition) is 0. The maximum Gasteiger partial charge on any atom is 0.375 e. The summed E-state index contributed by atoms with van der Waals surface area (Å²) in [7, 11) is 1.68. The van der Waals surface area contributed by atoms with E-state index in [1.165, 1.54) is 10.9 Å². The van der Waals surface area contributed by atoms with Gasteiger partial charge < -0.3 is 4.74 Å². The van der Waals surface area contributed by atoms with Crippen LogP contribution in [-0.4, -0.2) is 33.9 Å². The van der Waals surface area contributed by atoms with Crippen molar-refractivity contribution in [2.24, 2.45) is 7.05 Å². The zero-order chi connectivity index (χ0) is 13.0. The number of ketones is 2. The van der Waals surface area contributed by atoms with Crippen LogP contribution < -0.4 is 0 Å². The molecule has 1 rings (SSSR count). The van der Waals surface area contributed by atoms with Crippen LogP contribution >= 0.6 is 0 Å².